The molecule has 1 aromatic heterocycles. The molecule has 3 rings (SSSR count). The van der Waals surface area contributed by atoms with Crippen LogP contribution in [0.1, 0.15) is 55.8 Å². The van der Waals surface area contributed by atoms with Crippen LogP contribution in [0, 0.1) is 5.82 Å². The molecule has 6 nitrogen and oxygen atoms in total. The second-order valence-electron chi connectivity index (χ2n) is 8.86. The highest BCUT2D eigenvalue weighted by Crippen LogP contribution is 2.49. The van der Waals surface area contributed by atoms with E-state index in [4.69, 9.17) is 9.63 Å². The third-order valence-corrected chi connectivity index (χ3v) is 8.74. The lowest BCUT2D eigenvalue weighted by Crippen LogP contribution is -2.19. The number of rotatable bonds is 10. The van der Waals surface area contributed by atoms with Gasteiger partial charge in [0.15, 0.2) is 0 Å². The Bertz CT molecular complexity index is 999. The van der Waals surface area contributed by atoms with Crippen molar-refractivity contribution in [2.45, 2.75) is 64.5 Å². The van der Waals surface area contributed by atoms with Crippen molar-refractivity contribution in [2.24, 2.45) is 0 Å². The molecule has 0 saturated carbocycles. The van der Waals surface area contributed by atoms with E-state index in [-0.39, 0.29) is 24.1 Å². The zero-order valence-electron chi connectivity index (χ0n) is 19.0. The Kier molecular flexibility index (Phi) is 7.97. The molecule has 0 bridgehead atoms. The van der Waals surface area contributed by atoms with Gasteiger partial charge >= 0.3 is 5.97 Å². The number of hydrogen-bond acceptors (Lipinski definition) is 4. The number of carbonyl (C=O) groups is 1. The SMILES string of the molecule is COP(=O)(CCc1c(C(C)C)c2n(c1-c1ccc(F)cc1)CCCC2)C[C@@H](O)CC(=O)O. The maximum atomic E-state index is 13.6. The lowest BCUT2D eigenvalue weighted by atomic mass is 9.93. The van der Waals surface area contributed by atoms with E-state index in [1.54, 1.807) is 12.1 Å². The van der Waals surface area contributed by atoms with E-state index < -0.39 is 25.9 Å². The minimum atomic E-state index is -3.24. The van der Waals surface area contributed by atoms with Crippen molar-refractivity contribution in [1.29, 1.82) is 0 Å². The minimum absolute atomic E-state index is 0.188. The van der Waals surface area contributed by atoms with Gasteiger partial charge in [0.2, 0.25) is 7.37 Å². The summed E-state index contributed by atoms with van der Waals surface area (Å²) in [5, 5.41) is 19.0. The van der Waals surface area contributed by atoms with Crippen molar-refractivity contribution in [1.82, 2.24) is 4.57 Å². The Balaban J connectivity index is 2.01. The average molecular weight is 466 g/mol. The molecule has 1 aliphatic rings. The fourth-order valence-electron chi connectivity index (χ4n) is 4.82. The molecule has 0 radical (unpaired) electrons. The number of nitrogens with zero attached hydrogens (tertiary/aromatic N) is 1. The zero-order valence-corrected chi connectivity index (χ0v) is 19.9. The first-order chi connectivity index (χ1) is 15.1. The summed E-state index contributed by atoms with van der Waals surface area (Å²) >= 11 is 0. The normalized spacial score (nSPS) is 16.6. The summed E-state index contributed by atoms with van der Waals surface area (Å²) in [5.41, 5.74) is 5.59. The molecule has 2 heterocycles. The third-order valence-electron chi connectivity index (χ3n) is 6.19. The molecule has 32 heavy (non-hydrogen) atoms. The van der Waals surface area contributed by atoms with E-state index in [9.17, 15) is 18.9 Å². The number of aliphatic carboxylic acids is 1. The predicted molar refractivity (Wildman–Crippen MR) is 123 cm³/mol. The fraction of sp³-hybridized carbons (Fsp3) is 0.542. The van der Waals surface area contributed by atoms with Crippen LogP contribution in [0.2, 0.25) is 0 Å². The van der Waals surface area contributed by atoms with Gasteiger partial charge in [-0.3, -0.25) is 9.36 Å². The largest absolute Gasteiger partial charge is 0.481 e. The lowest BCUT2D eigenvalue weighted by molar-refractivity contribution is -0.138. The molecule has 0 fully saturated rings. The molecule has 1 aliphatic heterocycles. The number of aliphatic hydroxyl groups is 1. The summed E-state index contributed by atoms with van der Waals surface area (Å²) in [6.45, 7) is 5.19. The fourth-order valence-corrected chi connectivity index (χ4v) is 6.67. The van der Waals surface area contributed by atoms with Crippen molar-refractivity contribution in [3.63, 3.8) is 0 Å². The quantitative estimate of drug-likeness (QED) is 0.479. The molecular formula is C24H33FNO5P. The van der Waals surface area contributed by atoms with E-state index in [0.717, 1.165) is 42.6 Å². The number of benzene rings is 1. The third kappa shape index (κ3) is 5.51. The van der Waals surface area contributed by atoms with Crippen LogP contribution in [0.25, 0.3) is 11.3 Å². The molecule has 2 aromatic rings. The highest BCUT2D eigenvalue weighted by molar-refractivity contribution is 7.59. The van der Waals surface area contributed by atoms with Crippen molar-refractivity contribution < 1.29 is 28.5 Å². The number of aromatic nitrogens is 1. The lowest BCUT2D eigenvalue weighted by Gasteiger charge is -2.20. The van der Waals surface area contributed by atoms with Crippen LogP contribution >= 0.6 is 7.37 Å². The van der Waals surface area contributed by atoms with Crippen LogP contribution in [0.5, 0.6) is 0 Å². The van der Waals surface area contributed by atoms with E-state index >= 15 is 0 Å². The molecule has 0 aliphatic carbocycles. The van der Waals surface area contributed by atoms with Gasteiger partial charge in [-0.05, 0) is 72.6 Å². The molecule has 176 valence electrons. The van der Waals surface area contributed by atoms with Gasteiger partial charge in [0.05, 0.1) is 24.4 Å². The van der Waals surface area contributed by atoms with Crippen molar-refractivity contribution in [3.8, 4) is 11.3 Å². The first kappa shape index (κ1) is 24.7. The average Bonchev–Trinajstić information content (AvgIpc) is 3.06. The number of carboxylic acids is 1. The molecule has 0 amide bonds. The molecule has 2 N–H and O–H groups in total. The van der Waals surface area contributed by atoms with Gasteiger partial charge in [-0.25, -0.2) is 4.39 Å². The second-order valence-corrected chi connectivity index (χ2v) is 11.7. The summed E-state index contributed by atoms with van der Waals surface area (Å²) in [4.78, 5) is 10.9. The molecule has 1 unspecified atom stereocenters. The Labute approximate surface area is 188 Å². The molecule has 0 saturated heterocycles. The zero-order chi connectivity index (χ0) is 23.5. The van der Waals surface area contributed by atoms with Gasteiger partial charge in [0, 0.05) is 25.5 Å². The summed E-state index contributed by atoms with van der Waals surface area (Å²) in [7, 11) is -1.89. The Hall–Kier alpha value is -1.95. The number of carboxylic acid groups (broad SMARTS) is 1. The van der Waals surface area contributed by atoms with Crippen LogP contribution in [0.15, 0.2) is 24.3 Å². The van der Waals surface area contributed by atoms with Crippen molar-refractivity contribution in [2.75, 3.05) is 19.4 Å². The molecule has 8 heteroatoms. The molecular weight excluding hydrogens is 432 g/mol. The Morgan fingerprint density at radius 2 is 1.94 bits per heavy atom. The van der Waals surface area contributed by atoms with E-state index in [2.05, 4.69) is 18.4 Å². The number of aliphatic hydroxyl groups excluding tert-OH is 1. The predicted octanol–water partition coefficient (Wildman–Crippen LogP) is 5.06. The summed E-state index contributed by atoms with van der Waals surface area (Å²) in [6.07, 6.45) is 1.97. The standard InChI is InChI=1S/C24H33FNO5P/c1-16(2)23-20(11-13-32(30,31-3)15-19(27)14-22(28)29)24(17-7-9-18(25)10-8-17)26-12-5-4-6-21(23)26/h7-10,16,19,27H,4-6,11-15H2,1-3H3,(H,28,29)/t19-,32?/m0/s1. The smallest absolute Gasteiger partial charge is 0.305 e. The summed E-state index contributed by atoms with van der Waals surface area (Å²) < 4.78 is 34.6. The molecule has 1 aromatic carbocycles. The van der Waals surface area contributed by atoms with Crippen LogP contribution in [0.3, 0.4) is 0 Å². The maximum Gasteiger partial charge on any atom is 0.305 e. The number of hydrogen-bond donors (Lipinski definition) is 2. The number of halogens is 1. The van der Waals surface area contributed by atoms with Gasteiger partial charge in [0.25, 0.3) is 0 Å². The van der Waals surface area contributed by atoms with Gasteiger partial charge in [-0.1, -0.05) is 13.8 Å². The van der Waals surface area contributed by atoms with Crippen molar-refractivity contribution >= 4 is 13.3 Å². The second kappa shape index (κ2) is 10.3. The van der Waals surface area contributed by atoms with E-state index in [1.165, 1.54) is 30.5 Å². The highest BCUT2D eigenvalue weighted by atomic mass is 31.2. The van der Waals surface area contributed by atoms with Gasteiger partial charge in [0.1, 0.15) is 5.82 Å². The monoisotopic (exact) mass is 465 g/mol. The van der Waals surface area contributed by atoms with Gasteiger partial charge in [-0.15, -0.1) is 0 Å². The number of fused-ring (bicyclic) bond motifs is 1. The van der Waals surface area contributed by atoms with Crippen LogP contribution in [-0.2, 0) is 33.3 Å². The highest BCUT2D eigenvalue weighted by Gasteiger charge is 2.31. The minimum Gasteiger partial charge on any atom is -0.481 e. The van der Waals surface area contributed by atoms with Crippen molar-refractivity contribution in [3.05, 3.63) is 46.9 Å². The summed E-state index contributed by atoms with van der Waals surface area (Å²) in [6, 6.07) is 6.48. The molecule has 2 atom stereocenters. The van der Waals surface area contributed by atoms with Gasteiger partial charge in [-0.2, -0.15) is 0 Å². The van der Waals surface area contributed by atoms with Crippen LogP contribution in [0.4, 0.5) is 4.39 Å². The summed E-state index contributed by atoms with van der Waals surface area (Å²) in [5.74, 6) is -1.17. The first-order valence-electron chi connectivity index (χ1n) is 11.2. The van der Waals surface area contributed by atoms with E-state index in [1.807, 2.05) is 0 Å². The molecule has 0 spiro atoms. The first-order valence-corrected chi connectivity index (χ1v) is 13.2. The van der Waals surface area contributed by atoms with E-state index in [0.29, 0.717) is 6.42 Å². The topological polar surface area (TPSA) is 88.8 Å². The van der Waals surface area contributed by atoms with Gasteiger partial charge < -0.3 is 19.3 Å². The Morgan fingerprint density at radius 1 is 1.25 bits per heavy atom. The Morgan fingerprint density at radius 3 is 2.53 bits per heavy atom. The van der Waals surface area contributed by atoms with Crippen LogP contribution < -0.4 is 0 Å². The van der Waals surface area contributed by atoms with Crippen LogP contribution in [-0.4, -0.2) is 46.3 Å². The maximum absolute atomic E-state index is 13.6.